The van der Waals surface area contributed by atoms with Crippen LogP contribution in [-0.2, 0) is 4.84 Å². The van der Waals surface area contributed by atoms with Crippen LogP contribution in [0.3, 0.4) is 0 Å². The Morgan fingerprint density at radius 2 is 1.84 bits per heavy atom. The monoisotopic (exact) mass is 345 g/mol. The molecular weight excluding hydrogens is 329 g/mol. The van der Waals surface area contributed by atoms with Gasteiger partial charge in [0.2, 0.25) is 18.3 Å². The smallest absolute Gasteiger partial charge is 0.231 e. The van der Waals surface area contributed by atoms with Crippen molar-refractivity contribution < 1.29 is 28.2 Å². The zero-order valence-corrected chi connectivity index (χ0v) is 13.7. The van der Waals surface area contributed by atoms with Crippen LogP contribution in [0.15, 0.2) is 35.5 Å². The Kier molecular flexibility index (Phi) is 3.83. The molecule has 1 unspecified atom stereocenters. The Morgan fingerprint density at radius 3 is 2.56 bits per heavy atom. The zero-order chi connectivity index (χ0) is 17.4. The minimum absolute atomic E-state index is 0.106. The zero-order valence-electron chi connectivity index (χ0n) is 13.7. The van der Waals surface area contributed by atoms with Gasteiger partial charge in [-0.15, -0.1) is 0 Å². The van der Waals surface area contributed by atoms with E-state index in [1.54, 1.807) is 32.4 Å². The molecular formula is C18H16FNO5. The summed E-state index contributed by atoms with van der Waals surface area (Å²) in [6.45, 7) is 0.106. The van der Waals surface area contributed by atoms with Crippen molar-refractivity contribution in [1.82, 2.24) is 0 Å². The third kappa shape index (κ3) is 2.61. The summed E-state index contributed by atoms with van der Waals surface area (Å²) in [5.74, 6) is 1.80. The third-order valence-corrected chi connectivity index (χ3v) is 4.21. The largest absolute Gasteiger partial charge is 0.493 e. The summed E-state index contributed by atoms with van der Waals surface area (Å²) in [4.78, 5) is 5.60. The lowest BCUT2D eigenvalue weighted by atomic mass is 9.98. The van der Waals surface area contributed by atoms with Gasteiger partial charge < -0.3 is 23.8 Å². The second kappa shape index (κ2) is 6.16. The van der Waals surface area contributed by atoms with Gasteiger partial charge >= 0.3 is 0 Å². The quantitative estimate of drug-likeness (QED) is 0.850. The fourth-order valence-electron chi connectivity index (χ4n) is 2.99. The number of hydrogen-bond donors (Lipinski definition) is 0. The van der Waals surface area contributed by atoms with Crippen molar-refractivity contribution in [3.63, 3.8) is 0 Å². The van der Waals surface area contributed by atoms with Gasteiger partial charge in [0, 0.05) is 12.0 Å². The van der Waals surface area contributed by atoms with Gasteiger partial charge in [0.1, 0.15) is 5.82 Å². The molecule has 6 nitrogen and oxygen atoms in total. The molecule has 2 aliphatic rings. The summed E-state index contributed by atoms with van der Waals surface area (Å²) in [5, 5.41) is 4.14. The predicted molar refractivity (Wildman–Crippen MR) is 87.0 cm³/mol. The number of rotatable bonds is 4. The molecule has 0 aliphatic carbocycles. The van der Waals surface area contributed by atoms with E-state index >= 15 is 0 Å². The van der Waals surface area contributed by atoms with Gasteiger partial charge in [0.15, 0.2) is 17.6 Å². The molecule has 0 radical (unpaired) electrons. The molecule has 0 bridgehead atoms. The summed E-state index contributed by atoms with van der Waals surface area (Å²) in [7, 11) is 3.12. The van der Waals surface area contributed by atoms with E-state index in [0.717, 1.165) is 16.8 Å². The molecule has 2 aliphatic heterocycles. The van der Waals surface area contributed by atoms with E-state index < -0.39 is 0 Å². The molecule has 0 saturated carbocycles. The number of oxime groups is 1. The number of benzene rings is 2. The highest BCUT2D eigenvalue weighted by molar-refractivity contribution is 6.01. The maximum absolute atomic E-state index is 13.1. The van der Waals surface area contributed by atoms with Gasteiger partial charge in [-0.25, -0.2) is 4.39 Å². The van der Waals surface area contributed by atoms with Crippen LogP contribution in [0.25, 0.3) is 0 Å². The molecule has 0 spiro atoms. The fraction of sp³-hybridized carbons (Fsp3) is 0.278. The number of fused-ring (bicyclic) bond motifs is 1. The van der Waals surface area contributed by atoms with Crippen molar-refractivity contribution in [1.29, 1.82) is 0 Å². The molecule has 0 amide bonds. The molecule has 25 heavy (non-hydrogen) atoms. The molecule has 7 heteroatoms. The Balaban J connectivity index is 1.66. The summed E-state index contributed by atoms with van der Waals surface area (Å²) >= 11 is 0. The first-order valence-corrected chi connectivity index (χ1v) is 7.74. The second-order valence-electron chi connectivity index (χ2n) is 5.61. The van der Waals surface area contributed by atoms with Crippen molar-refractivity contribution >= 4 is 5.71 Å². The standard InChI is InChI=1S/C18H16FNO5/c1-21-15-7-12(16(22-2)18-17(15)23-9-24-18)14-8-13(20-25-14)10-3-5-11(19)6-4-10/h3-7,14H,8-9H2,1-2H3. The average molecular weight is 345 g/mol. The first-order valence-electron chi connectivity index (χ1n) is 7.74. The third-order valence-electron chi connectivity index (χ3n) is 4.21. The van der Waals surface area contributed by atoms with Gasteiger partial charge in [-0.3, -0.25) is 0 Å². The fourth-order valence-corrected chi connectivity index (χ4v) is 2.99. The van der Waals surface area contributed by atoms with E-state index in [4.69, 9.17) is 23.8 Å². The molecule has 0 saturated heterocycles. The highest BCUT2D eigenvalue weighted by Crippen LogP contribution is 2.52. The Morgan fingerprint density at radius 1 is 1.08 bits per heavy atom. The predicted octanol–water partition coefficient (Wildman–Crippen LogP) is 3.44. The van der Waals surface area contributed by atoms with Crippen molar-refractivity contribution in [3.05, 3.63) is 47.3 Å². The molecule has 2 heterocycles. The highest BCUT2D eigenvalue weighted by Gasteiger charge is 2.33. The van der Waals surface area contributed by atoms with Crippen LogP contribution < -0.4 is 18.9 Å². The van der Waals surface area contributed by atoms with E-state index in [-0.39, 0.29) is 18.7 Å². The molecule has 0 N–H and O–H groups in total. The molecule has 130 valence electrons. The number of ether oxygens (including phenoxy) is 4. The molecule has 4 rings (SSSR count). The number of halogens is 1. The SMILES string of the molecule is COc1cc(C2CC(c3ccc(F)cc3)=NO2)c(OC)c2c1OCO2. The maximum atomic E-state index is 13.1. The van der Waals surface area contributed by atoms with E-state index in [2.05, 4.69) is 5.16 Å². The van der Waals surface area contributed by atoms with E-state index in [0.29, 0.717) is 29.4 Å². The summed E-state index contributed by atoms with van der Waals surface area (Å²) in [6, 6.07) is 7.96. The minimum Gasteiger partial charge on any atom is -0.493 e. The first kappa shape index (κ1) is 15.6. The Labute approximate surface area is 143 Å². The Hall–Kier alpha value is -2.96. The Bertz CT molecular complexity index is 834. The molecule has 2 aromatic carbocycles. The van der Waals surface area contributed by atoms with E-state index in [1.807, 2.05) is 0 Å². The van der Waals surface area contributed by atoms with E-state index in [9.17, 15) is 4.39 Å². The molecule has 2 aromatic rings. The van der Waals surface area contributed by atoms with Gasteiger partial charge in [-0.2, -0.15) is 0 Å². The number of hydrogen-bond acceptors (Lipinski definition) is 6. The maximum Gasteiger partial charge on any atom is 0.231 e. The minimum atomic E-state index is -0.363. The normalized spacial score (nSPS) is 17.9. The summed E-state index contributed by atoms with van der Waals surface area (Å²) in [5.41, 5.74) is 2.31. The lowest BCUT2D eigenvalue weighted by Gasteiger charge is -2.17. The van der Waals surface area contributed by atoms with Crippen LogP contribution in [0.1, 0.15) is 23.7 Å². The van der Waals surface area contributed by atoms with Crippen LogP contribution >= 0.6 is 0 Å². The summed E-state index contributed by atoms with van der Waals surface area (Å²) in [6.07, 6.45) is 0.156. The van der Waals surface area contributed by atoms with Gasteiger partial charge in [-0.1, -0.05) is 17.3 Å². The van der Waals surface area contributed by atoms with Gasteiger partial charge in [0.05, 0.1) is 19.9 Å². The number of nitrogens with zero attached hydrogens (tertiary/aromatic N) is 1. The summed E-state index contributed by atoms with van der Waals surface area (Å²) < 4.78 is 35.0. The van der Waals surface area contributed by atoms with Crippen molar-refractivity contribution in [2.24, 2.45) is 5.16 Å². The molecule has 0 fully saturated rings. The van der Waals surface area contributed by atoms with Crippen molar-refractivity contribution in [2.45, 2.75) is 12.5 Å². The average Bonchev–Trinajstić information content (AvgIpc) is 3.30. The second-order valence-corrected chi connectivity index (χ2v) is 5.61. The van der Waals surface area contributed by atoms with Gasteiger partial charge in [-0.05, 0) is 23.8 Å². The molecule has 1 atom stereocenters. The van der Waals surface area contributed by atoms with Crippen molar-refractivity contribution in [3.8, 4) is 23.0 Å². The lowest BCUT2D eigenvalue weighted by molar-refractivity contribution is 0.0831. The van der Waals surface area contributed by atoms with Gasteiger partial charge in [0.25, 0.3) is 0 Å². The number of methoxy groups -OCH3 is 2. The first-order chi connectivity index (χ1) is 12.2. The van der Waals surface area contributed by atoms with Crippen LogP contribution in [-0.4, -0.2) is 26.7 Å². The van der Waals surface area contributed by atoms with Crippen LogP contribution in [0.2, 0.25) is 0 Å². The highest BCUT2D eigenvalue weighted by atomic mass is 19.1. The molecule has 0 aromatic heterocycles. The van der Waals surface area contributed by atoms with Crippen LogP contribution in [0.4, 0.5) is 4.39 Å². The van der Waals surface area contributed by atoms with E-state index in [1.165, 1.54) is 12.1 Å². The van der Waals surface area contributed by atoms with Crippen LogP contribution in [0.5, 0.6) is 23.0 Å². The lowest BCUT2D eigenvalue weighted by Crippen LogP contribution is -2.05. The van der Waals surface area contributed by atoms with Crippen LogP contribution in [0, 0.1) is 5.82 Å². The topological polar surface area (TPSA) is 58.5 Å². The van der Waals surface area contributed by atoms with Crippen molar-refractivity contribution in [2.75, 3.05) is 21.0 Å².